The Labute approximate surface area is 117 Å². The Morgan fingerprint density at radius 3 is 2.75 bits per heavy atom. The van der Waals surface area contributed by atoms with E-state index in [9.17, 15) is 14.3 Å². The van der Waals surface area contributed by atoms with Crippen molar-refractivity contribution >= 4 is 5.91 Å². The number of halogens is 1. The summed E-state index contributed by atoms with van der Waals surface area (Å²) in [6, 6.07) is 3.67. The van der Waals surface area contributed by atoms with Crippen LogP contribution in [0.4, 0.5) is 4.39 Å². The molecule has 20 heavy (non-hydrogen) atoms. The Hall–Kier alpha value is -1.66. The number of aliphatic hydroxyl groups excluding tert-OH is 1. The van der Waals surface area contributed by atoms with Crippen molar-refractivity contribution < 1.29 is 23.8 Å². The zero-order valence-electron chi connectivity index (χ0n) is 11.9. The number of carbonyl (C=O) groups excluding carboxylic acids is 1. The van der Waals surface area contributed by atoms with Crippen LogP contribution in [0.2, 0.25) is 0 Å². The summed E-state index contributed by atoms with van der Waals surface area (Å²) < 4.78 is 23.3. The Morgan fingerprint density at radius 2 is 2.15 bits per heavy atom. The Kier molecular flexibility index (Phi) is 6.41. The lowest BCUT2D eigenvalue weighted by atomic mass is 10.1. The molecule has 1 rings (SSSR count). The second-order valence-corrected chi connectivity index (χ2v) is 4.57. The van der Waals surface area contributed by atoms with E-state index < -0.39 is 11.9 Å². The molecule has 0 aliphatic heterocycles. The summed E-state index contributed by atoms with van der Waals surface area (Å²) >= 11 is 0. The first-order valence-corrected chi connectivity index (χ1v) is 6.32. The zero-order chi connectivity index (χ0) is 15.1. The largest absolute Gasteiger partial charge is 0.483 e. The molecule has 6 heteroatoms. The fraction of sp³-hybridized carbons (Fsp3) is 0.500. The average Bonchev–Trinajstić information content (AvgIpc) is 2.37. The number of hydrogen-bond acceptors (Lipinski definition) is 4. The predicted octanol–water partition coefficient (Wildman–Crippen LogP) is 1.41. The fourth-order valence-corrected chi connectivity index (χ4v) is 1.73. The summed E-state index contributed by atoms with van der Waals surface area (Å²) in [7, 11) is 1.55. The van der Waals surface area contributed by atoms with E-state index in [1.165, 1.54) is 25.1 Å². The van der Waals surface area contributed by atoms with Crippen LogP contribution in [0.3, 0.4) is 0 Å². The molecule has 1 aromatic rings. The number of rotatable bonds is 7. The van der Waals surface area contributed by atoms with Gasteiger partial charge in [0.25, 0.3) is 5.91 Å². The molecular formula is C14H20FNO4. The van der Waals surface area contributed by atoms with Gasteiger partial charge in [0.2, 0.25) is 0 Å². The van der Waals surface area contributed by atoms with Crippen molar-refractivity contribution in [3.8, 4) is 5.75 Å². The summed E-state index contributed by atoms with van der Waals surface area (Å²) in [4.78, 5) is 11.6. The van der Waals surface area contributed by atoms with Crippen molar-refractivity contribution in [2.45, 2.75) is 26.0 Å². The maximum absolute atomic E-state index is 13.1. The molecule has 1 aromatic carbocycles. The molecule has 0 aliphatic rings. The smallest absolute Gasteiger partial charge is 0.258 e. The van der Waals surface area contributed by atoms with Crippen molar-refractivity contribution in [1.29, 1.82) is 0 Å². The van der Waals surface area contributed by atoms with Gasteiger partial charge in [-0.15, -0.1) is 0 Å². The third-order valence-corrected chi connectivity index (χ3v) is 2.60. The Bertz CT molecular complexity index is 451. The molecule has 0 saturated carbocycles. The van der Waals surface area contributed by atoms with Crippen LogP contribution in [0, 0.1) is 5.82 Å². The second-order valence-electron chi connectivity index (χ2n) is 4.57. The van der Waals surface area contributed by atoms with E-state index in [-0.39, 0.29) is 24.3 Å². The van der Waals surface area contributed by atoms with Crippen molar-refractivity contribution in [1.82, 2.24) is 5.32 Å². The van der Waals surface area contributed by atoms with Crippen molar-refractivity contribution in [2.24, 2.45) is 0 Å². The molecule has 2 N–H and O–H groups in total. The molecule has 2 atom stereocenters. The molecule has 0 heterocycles. The molecular weight excluding hydrogens is 265 g/mol. The molecule has 0 aliphatic carbocycles. The van der Waals surface area contributed by atoms with E-state index in [0.29, 0.717) is 12.2 Å². The minimum atomic E-state index is -0.879. The second kappa shape index (κ2) is 7.81. The van der Waals surface area contributed by atoms with Gasteiger partial charge in [-0.2, -0.15) is 0 Å². The fourth-order valence-electron chi connectivity index (χ4n) is 1.73. The monoisotopic (exact) mass is 285 g/mol. The summed E-state index contributed by atoms with van der Waals surface area (Å²) in [6.45, 7) is 3.50. The van der Waals surface area contributed by atoms with Gasteiger partial charge in [0, 0.05) is 18.7 Å². The van der Waals surface area contributed by atoms with Gasteiger partial charge in [-0.3, -0.25) is 4.79 Å². The number of methoxy groups -OCH3 is 1. The highest BCUT2D eigenvalue weighted by Crippen LogP contribution is 2.25. The van der Waals surface area contributed by atoms with Gasteiger partial charge in [0.1, 0.15) is 11.6 Å². The number of aliphatic hydroxyl groups is 1. The molecule has 0 aromatic heterocycles. The SMILES string of the molecule is COCC(C)NC(=O)COc1ccc(F)cc1[C@@H](C)O. The van der Waals surface area contributed by atoms with Gasteiger partial charge in [0.05, 0.1) is 12.7 Å². The minimum Gasteiger partial charge on any atom is -0.483 e. The van der Waals surface area contributed by atoms with Gasteiger partial charge >= 0.3 is 0 Å². The standard InChI is InChI=1S/C14H20FNO4/c1-9(7-19-3)16-14(18)8-20-13-5-4-11(15)6-12(13)10(2)17/h4-6,9-10,17H,7-8H2,1-3H3,(H,16,18)/t9?,10-/m1/s1. The number of carbonyl (C=O) groups is 1. The van der Waals surface area contributed by atoms with Gasteiger partial charge in [0.15, 0.2) is 6.61 Å². The van der Waals surface area contributed by atoms with Crippen LogP contribution in [-0.4, -0.2) is 37.4 Å². The highest BCUT2D eigenvalue weighted by Gasteiger charge is 2.13. The zero-order valence-corrected chi connectivity index (χ0v) is 11.9. The van der Waals surface area contributed by atoms with Crippen molar-refractivity contribution in [3.63, 3.8) is 0 Å². The van der Waals surface area contributed by atoms with Crippen LogP contribution in [0.15, 0.2) is 18.2 Å². The number of hydrogen-bond donors (Lipinski definition) is 2. The van der Waals surface area contributed by atoms with E-state index in [1.807, 2.05) is 0 Å². The lowest BCUT2D eigenvalue weighted by Crippen LogP contribution is -2.38. The van der Waals surface area contributed by atoms with Gasteiger partial charge in [-0.05, 0) is 32.0 Å². The van der Waals surface area contributed by atoms with Crippen LogP contribution in [0.1, 0.15) is 25.5 Å². The predicted molar refractivity (Wildman–Crippen MR) is 72.0 cm³/mol. The maximum atomic E-state index is 13.1. The Balaban J connectivity index is 2.59. The van der Waals surface area contributed by atoms with Crippen molar-refractivity contribution in [3.05, 3.63) is 29.6 Å². The summed E-state index contributed by atoms with van der Waals surface area (Å²) in [5, 5.41) is 12.2. The van der Waals surface area contributed by atoms with Crippen LogP contribution >= 0.6 is 0 Å². The molecule has 0 spiro atoms. The van der Waals surface area contributed by atoms with Crippen LogP contribution in [0.25, 0.3) is 0 Å². The number of ether oxygens (including phenoxy) is 2. The van der Waals surface area contributed by atoms with E-state index in [1.54, 1.807) is 14.0 Å². The first kappa shape index (κ1) is 16.4. The van der Waals surface area contributed by atoms with Crippen LogP contribution in [-0.2, 0) is 9.53 Å². The van der Waals surface area contributed by atoms with Gasteiger partial charge < -0.3 is 19.9 Å². The van der Waals surface area contributed by atoms with E-state index in [4.69, 9.17) is 9.47 Å². The molecule has 1 unspecified atom stereocenters. The van der Waals surface area contributed by atoms with Crippen molar-refractivity contribution in [2.75, 3.05) is 20.3 Å². The van der Waals surface area contributed by atoms with Crippen LogP contribution in [0.5, 0.6) is 5.75 Å². The van der Waals surface area contributed by atoms with E-state index in [0.717, 1.165) is 0 Å². The lowest BCUT2D eigenvalue weighted by Gasteiger charge is -2.15. The van der Waals surface area contributed by atoms with E-state index in [2.05, 4.69) is 5.32 Å². The number of benzene rings is 1. The maximum Gasteiger partial charge on any atom is 0.258 e. The molecule has 112 valence electrons. The summed E-state index contributed by atoms with van der Waals surface area (Å²) in [6.07, 6.45) is -0.879. The first-order valence-electron chi connectivity index (χ1n) is 6.32. The molecule has 0 bridgehead atoms. The third-order valence-electron chi connectivity index (χ3n) is 2.60. The minimum absolute atomic E-state index is 0.124. The summed E-state index contributed by atoms with van der Waals surface area (Å²) in [5.74, 6) is -0.488. The van der Waals surface area contributed by atoms with Gasteiger partial charge in [-0.25, -0.2) is 4.39 Å². The third kappa shape index (κ3) is 5.14. The highest BCUT2D eigenvalue weighted by atomic mass is 19.1. The molecule has 0 fully saturated rings. The Morgan fingerprint density at radius 1 is 1.45 bits per heavy atom. The molecule has 0 saturated heterocycles. The van der Waals surface area contributed by atoms with E-state index >= 15 is 0 Å². The average molecular weight is 285 g/mol. The summed E-state index contributed by atoms with van der Waals surface area (Å²) in [5.41, 5.74) is 0.308. The normalized spacial score (nSPS) is 13.7. The molecule has 5 nitrogen and oxygen atoms in total. The number of amides is 1. The van der Waals surface area contributed by atoms with Gasteiger partial charge in [-0.1, -0.05) is 0 Å². The number of nitrogens with one attached hydrogen (secondary N) is 1. The first-order chi connectivity index (χ1) is 9.43. The quantitative estimate of drug-likeness (QED) is 0.795. The lowest BCUT2D eigenvalue weighted by molar-refractivity contribution is -0.124. The topological polar surface area (TPSA) is 67.8 Å². The highest BCUT2D eigenvalue weighted by molar-refractivity contribution is 5.77. The van der Waals surface area contributed by atoms with Crippen LogP contribution < -0.4 is 10.1 Å². The molecule has 1 amide bonds. The molecule has 0 radical (unpaired) electrons.